The Hall–Kier alpha value is -4.60. The van der Waals surface area contributed by atoms with E-state index < -0.39 is 23.2 Å². The van der Waals surface area contributed by atoms with Gasteiger partial charge in [-0.25, -0.2) is 4.79 Å². The SMILES string of the molecule is CC1=CCC[C@@]2(C)[C@@H](CC[C@@]2(O)CN(CCc2cccs2)C(=O)Oc2ccc3ccccc3c2)c2ccc(cc2C(=O)c2cc3ccccc3s2)C[C@@H](O)CC1. The molecule has 0 unspecified atom stereocenters. The van der Waals surface area contributed by atoms with Gasteiger partial charge in [-0.1, -0.05) is 85.3 Å². The highest BCUT2D eigenvalue weighted by molar-refractivity contribution is 7.21. The lowest BCUT2D eigenvalue weighted by atomic mass is 9.64. The molecule has 3 aliphatic rings. The second-order valence-electron chi connectivity index (χ2n) is 16.1. The highest BCUT2D eigenvalue weighted by Gasteiger charge is 2.57. The number of thiophene rings is 2. The number of carbonyl (C=O) groups excluding carboxylic acids is 2. The second-order valence-corrected chi connectivity index (χ2v) is 18.2. The Kier molecular flexibility index (Phi) is 11.0. The third-order valence-corrected chi connectivity index (χ3v) is 14.5. The van der Waals surface area contributed by atoms with E-state index in [-0.39, 0.29) is 18.2 Å². The number of aliphatic hydroxyl groups is 2. The molecule has 8 heteroatoms. The zero-order chi connectivity index (χ0) is 38.9. The van der Waals surface area contributed by atoms with Gasteiger partial charge in [-0.15, -0.1) is 22.7 Å². The van der Waals surface area contributed by atoms with Gasteiger partial charge in [0.15, 0.2) is 0 Å². The predicted octanol–water partition coefficient (Wildman–Crippen LogP) is 11.1. The lowest BCUT2D eigenvalue weighted by molar-refractivity contribution is -0.0789. The minimum absolute atomic E-state index is 0.0327. The molecule has 56 heavy (non-hydrogen) atoms. The van der Waals surface area contributed by atoms with E-state index >= 15 is 0 Å². The summed E-state index contributed by atoms with van der Waals surface area (Å²) in [5.74, 6) is 0.271. The van der Waals surface area contributed by atoms with Crippen molar-refractivity contribution in [2.45, 2.75) is 82.8 Å². The van der Waals surface area contributed by atoms with Crippen molar-refractivity contribution in [3.8, 4) is 5.75 Å². The molecule has 1 saturated carbocycles. The number of rotatable bonds is 8. The maximum absolute atomic E-state index is 14.7. The van der Waals surface area contributed by atoms with Crippen LogP contribution in [0.2, 0.25) is 0 Å². The molecule has 0 radical (unpaired) electrons. The molecular weight excluding hydrogens is 735 g/mol. The summed E-state index contributed by atoms with van der Waals surface area (Å²) in [6.45, 7) is 4.77. The van der Waals surface area contributed by atoms with E-state index in [1.807, 2.05) is 90.3 Å². The molecule has 0 saturated heterocycles. The van der Waals surface area contributed by atoms with E-state index in [0.717, 1.165) is 49.7 Å². The topological polar surface area (TPSA) is 87.1 Å². The number of fused-ring (bicyclic) bond motifs is 10. The van der Waals surface area contributed by atoms with Crippen LogP contribution in [0, 0.1) is 5.41 Å². The van der Waals surface area contributed by atoms with E-state index in [4.69, 9.17) is 4.74 Å². The van der Waals surface area contributed by atoms with E-state index in [2.05, 4.69) is 38.1 Å². The van der Waals surface area contributed by atoms with Crippen molar-refractivity contribution in [3.63, 3.8) is 0 Å². The first-order valence-corrected chi connectivity index (χ1v) is 21.5. The number of ether oxygens (including phenoxy) is 1. The number of aliphatic hydroxyl groups excluding tert-OH is 1. The van der Waals surface area contributed by atoms with Crippen LogP contribution in [0.5, 0.6) is 5.75 Å². The maximum atomic E-state index is 14.7. The quantitative estimate of drug-likeness (QED) is 0.119. The smallest absolute Gasteiger partial charge is 0.410 e. The van der Waals surface area contributed by atoms with Gasteiger partial charge in [0, 0.05) is 27.1 Å². The van der Waals surface area contributed by atoms with Crippen LogP contribution in [-0.4, -0.2) is 51.8 Å². The minimum Gasteiger partial charge on any atom is -0.410 e. The summed E-state index contributed by atoms with van der Waals surface area (Å²) >= 11 is 3.16. The number of benzene rings is 4. The Morgan fingerprint density at radius 2 is 1.70 bits per heavy atom. The molecule has 2 N–H and O–H groups in total. The molecule has 2 heterocycles. The van der Waals surface area contributed by atoms with E-state index in [0.29, 0.717) is 61.3 Å². The summed E-state index contributed by atoms with van der Waals surface area (Å²) in [7, 11) is 0. The summed E-state index contributed by atoms with van der Waals surface area (Å²) in [5.41, 5.74) is 1.72. The largest absolute Gasteiger partial charge is 0.415 e. The number of allylic oxidation sites excluding steroid dienone is 2. The maximum Gasteiger partial charge on any atom is 0.415 e. The van der Waals surface area contributed by atoms with E-state index in [1.165, 1.54) is 16.9 Å². The molecule has 4 aromatic carbocycles. The Morgan fingerprint density at radius 1 is 0.893 bits per heavy atom. The summed E-state index contributed by atoms with van der Waals surface area (Å²) in [6.07, 6.45) is 6.25. The number of ketones is 1. The van der Waals surface area contributed by atoms with Crippen molar-refractivity contribution < 1.29 is 24.5 Å². The standard InChI is InChI=1S/C48H49NO5S2/c1-32-9-7-23-47(2)42(40-20-16-33(27-37(50)18-15-32)28-41(40)45(51)44-30-36-12-5-6-14-43(36)56-44)21-24-48(47,53)31-49(25-22-39-13-8-26-55-39)46(52)54-38-19-17-34-10-3-4-11-35(34)29-38/h3-6,8-14,16-17,19-20,26,28-30,37,42,50,53H,7,15,18,21-25,27,31H2,1-2H3/t37-,42-,47-,48+/m0/s1. The summed E-state index contributed by atoms with van der Waals surface area (Å²) in [6, 6.07) is 33.9. The fourth-order valence-electron chi connectivity index (χ4n) is 9.07. The summed E-state index contributed by atoms with van der Waals surface area (Å²) in [4.78, 5) is 32.4. The van der Waals surface area contributed by atoms with Crippen LogP contribution >= 0.6 is 22.7 Å². The van der Waals surface area contributed by atoms with Crippen molar-refractivity contribution in [1.82, 2.24) is 4.90 Å². The molecule has 2 bridgehead atoms. The molecule has 6 aromatic rings. The van der Waals surface area contributed by atoms with Crippen molar-refractivity contribution in [2.24, 2.45) is 5.41 Å². The van der Waals surface area contributed by atoms with Crippen molar-refractivity contribution in [2.75, 3.05) is 13.1 Å². The predicted molar refractivity (Wildman–Crippen MR) is 228 cm³/mol. The first kappa shape index (κ1) is 38.3. The highest BCUT2D eigenvalue weighted by atomic mass is 32.1. The Labute approximate surface area is 337 Å². The van der Waals surface area contributed by atoms with Gasteiger partial charge in [-0.3, -0.25) is 4.79 Å². The number of hydrogen-bond acceptors (Lipinski definition) is 7. The van der Waals surface area contributed by atoms with Crippen molar-refractivity contribution in [3.05, 3.63) is 147 Å². The van der Waals surface area contributed by atoms with Crippen LogP contribution in [0.4, 0.5) is 4.79 Å². The van der Waals surface area contributed by atoms with Crippen molar-refractivity contribution >= 4 is 55.4 Å². The number of amides is 1. The van der Waals surface area contributed by atoms with Crippen LogP contribution in [-0.2, 0) is 12.8 Å². The fraction of sp³-hybridized carbons (Fsp3) is 0.333. The molecule has 9 rings (SSSR count). The van der Waals surface area contributed by atoms with Crippen LogP contribution in [0.1, 0.15) is 89.5 Å². The molecule has 288 valence electrons. The fourth-order valence-corrected chi connectivity index (χ4v) is 10.8. The van der Waals surface area contributed by atoms with Gasteiger partial charge < -0.3 is 19.8 Å². The van der Waals surface area contributed by atoms with Gasteiger partial charge in [-0.05, 0) is 133 Å². The van der Waals surface area contributed by atoms with E-state index in [9.17, 15) is 19.8 Å². The average Bonchev–Trinajstić information content (AvgIpc) is 3.94. The van der Waals surface area contributed by atoms with Gasteiger partial charge in [-0.2, -0.15) is 0 Å². The van der Waals surface area contributed by atoms with Gasteiger partial charge in [0.25, 0.3) is 0 Å². The van der Waals surface area contributed by atoms with Gasteiger partial charge in [0.05, 0.1) is 23.1 Å². The number of nitrogens with zero attached hydrogens (tertiary/aromatic N) is 1. The summed E-state index contributed by atoms with van der Waals surface area (Å²) in [5, 5.41) is 29.3. The molecular formula is C48H49NO5S2. The minimum atomic E-state index is -1.28. The average molecular weight is 784 g/mol. The monoisotopic (exact) mass is 783 g/mol. The Bertz CT molecular complexity index is 2360. The molecule has 3 aliphatic carbocycles. The van der Waals surface area contributed by atoms with Gasteiger partial charge in [0.2, 0.25) is 5.78 Å². The van der Waals surface area contributed by atoms with Crippen LogP contribution in [0.25, 0.3) is 20.9 Å². The Morgan fingerprint density at radius 3 is 2.50 bits per heavy atom. The lowest BCUT2D eigenvalue weighted by Gasteiger charge is -2.46. The van der Waals surface area contributed by atoms with Crippen LogP contribution in [0.15, 0.2) is 120 Å². The Balaban J connectivity index is 1.17. The van der Waals surface area contributed by atoms with Gasteiger partial charge >= 0.3 is 6.09 Å². The number of hydrogen-bond donors (Lipinski definition) is 2. The highest BCUT2D eigenvalue weighted by Crippen LogP contribution is 2.59. The van der Waals surface area contributed by atoms with Gasteiger partial charge in [0.1, 0.15) is 5.75 Å². The first-order valence-electron chi connectivity index (χ1n) is 19.8. The molecule has 4 atom stereocenters. The van der Waals surface area contributed by atoms with Crippen LogP contribution < -0.4 is 4.74 Å². The molecule has 0 spiro atoms. The zero-order valence-electron chi connectivity index (χ0n) is 32.1. The molecule has 2 aromatic heterocycles. The normalized spacial score (nSPS) is 22.8. The lowest BCUT2D eigenvalue weighted by Crippen LogP contribution is -2.54. The molecule has 1 fully saturated rings. The third kappa shape index (κ3) is 7.85. The molecule has 6 nitrogen and oxygen atoms in total. The van der Waals surface area contributed by atoms with Crippen LogP contribution in [0.3, 0.4) is 0 Å². The summed E-state index contributed by atoms with van der Waals surface area (Å²) < 4.78 is 7.15. The third-order valence-electron chi connectivity index (χ3n) is 12.4. The first-order chi connectivity index (χ1) is 27.1. The second kappa shape index (κ2) is 16.1. The van der Waals surface area contributed by atoms with Crippen molar-refractivity contribution in [1.29, 1.82) is 0 Å². The number of carbonyl (C=O) groups is 2. The van der Waals surface area contributed by atoms with E-state index in [1.54, 1.807) is 16.2 Å². The molecule has 1 amide bonds. The molecule has 0 aliphatic heterocycles. The zero-order valence-corrected chi connectivity index (χ0v) is 33.7.